The van der Waals surface area contributed by atoms with Crippen LogP contribution < -0.4 is 15.8 Å². The fourth-order valence-electron chi connectivity index (χ4n) is 2.01. The minimum absolute atomic E-state index is 0.0185. The molecule has 1 amide bonds. The van der Waals surface area contributed by atoms with Crippen LogP contribution in [0, 0.1) is 6.92 Å². The van der Waals surface area contributed by atoms with Gasteiger partial charge in [0, 0.05) is 16.6 Å². The number of anilines is 2. The van der Waals surface area contributed by atoms with Gasteiger partial charge in [-0.05, 0) is 49.2 Å². The number of benzene rings is 2. The molecule has 2 aromatic rings. The fraction of sp³-hybridized carbons (Fsp3) is 0.235. The largest absolute Gasteiger partial charge is 0.491 e. The number of nitrogen functional groups attached to an aromatic ring is 1. The second-order valence-electron chi connectivity index (χ2n) is 5.00. The first kappa shape index (κ1) is 16.4. The normalized spacial score (nSPS) is 10.3. The summed E-state index contributed by atoms with van der Waals surface area (Å²) in [5.74, 6) is 0.640. The molecule has 0 aliphatic carbocycles. The molecule has 0 saturated heterocycles. The lowest BCUT2D eigenvalue weighted by molar-refractivity contribution is -0.116. The van der Waals surface area contributed by atoms with E-state index in [1.54, 1.807) is 6.07 Å². The number of halogens is 1. The molecule has 0 aromatic heterocycles. The second-order valence-corrected chi connectivity index (χ2v) is 5.91. The monoisotopic (exact) mass is 362 g/mol. The van der Waals surface area contributed by atoms with Crippen molar-refractivity contribution in [2.45, 2.75) is 19.8 Å². The van der Waals surface area contributed by atoms with Crippen LogP contribution in [0.2, 0.25) is 0 Å². The van der Waals surface area contributed by atoms with Crippen molar-refractivity contribution < 1.29 is 9.53 Å². The van der Waals surface area contributed by atoms with Crippen molar-refractivity contribution in [2.24, 2.45) is 0 Å². The number of hydrogen-bond acceptors (Lipinski definition) is 3. The summed E-state index contributed by atoms with van der Waals surface area (Å²) in [5, 5.41) is 2.91. The summed E-state index contributed by atoms with van der Waals surface area (Å²) in [6.45, 7) is 2.42. The molecule has 0 bridgehead atoms. The van der Waals surface area contributed by atoms with Gasteiger partial charge in [0.2, 0.25) is 5.91 Å². The van der Waals surface area contributed by atoms with Gasteiger partial charge in [-0.1, -0.05) is 28.1 Å². The first-order chi connectivity index (χ1) is 10.6. The van der Waals surface area contributed by atoms with Crippen LogP contribution in [0.25, 0.3) is 0 Å². The van der Waals surface area contributed by atoms with Gasteiger partial charge in [0.1, 0.15) is 5.75 Å². The third-order valence-electron chi connectivity index (χ3n) is 3.19. The average molecular weight is 363 g/mol. The molecule has 5 heteroatoms. The molecule has 2 aromatic carbocycles. The molecule has 0 saturated carbocycles. The van der Waals surface area contributed by atoms with Crippen molar-refractivity contribution in [2.75, 3.05) is 17.7 Å². The van der Waals surface area contributed by atoms with Gasteiger partial charge in [-0.2, -0.15) is 0 Å². The smallest absolute Gasteiger partial charge is 0.224 e. The average Bonchev–Trinajstić information content (AvgIpc) is 2.48. The van der Waals surface area contributed by atoms with E-state index in [-0.39, 0.29) is 5.91 Å². The number of carbonyl (C=O) groups is 1. The number of para-hydroxylation sites is 2. The van der Waals surface area contributed by atoms with Gasteiger partial charge in [-0.3, -0.25) is 4.79 Å². The quantitative estimate of drug-likeness (QED) is 0.599. The minimum atomic E-state index is -0.0185. The Balaban J connectivity index is 1.75. The van der Waals surface area contributed by atoms with Crippen molar-refractivity contribution in [3.63, 3.8) is 0 Å². The molecule has 0 atom stereocenters. The van der Waals surface area contributed by atoms with E-state index in [0.29, 0.717) is 30.9 Å². The Morgan fingerprint density at radius 3 is 2.77 bits per heavy atom. The van der Waals surface area contributed by atoms with E-state index in [1.165, 1.54) is 0 Å². The van der Waals surface area contributed by atoms with E-state index in [1.807, 2.05) is 43.3 Å². The van der Waals surface area contributed by atoms with Gasteiger partial charge in [-0.25, -0.2) is 0 Å². The first-order valence-corrected chi connectivity index (χ1v) is 7.89. The fourth-order valence-corrected chi connectivity index (χ4v) is 2.48. The zero-order valence-electron chi connectivity index (χ0n) is 12.4. The molecule has 0 unspecified atom stereocenters. The van der Waals surface area contributed by atoms with Crippen LogP contribution in [0.5, 0.6) is 5.75 Å². The van der Waals surface area contributed by atoms with Gasteiger partial charge in [0.15, 0.2) is 0 Å². The Hall–Kier alpha value is -2.01. The van der Waals surface area contributed by atoms with Gasteiger partial charge in [0.05, 0.1) is 12.3 Å². The van der Waals surface area contributed by atoms with Crippen LogP contribution in [0.1, 0.15) is 18.4 Å². The summed E-state index contributed by atoms with van der Waals surface area (Å²) in [6, 6.07) is 13.1. The van der Waals surface area contributed by atoms with Crippen LogP contribution in [-0.4, -0.2) is 12.5 Å². The highest BCUT2D eigenvalue weighted by molar-refractivity contribution is 9.10. The predicted octanol–water partition coefficient (Wildman–Crippen LogP) is 4.14. The van der Waals surface area contributed by atoms with Crippen LogP contribution in [0.15, 0.2) is 46.9 Å². The van der Waals surface area contributed by atoms with Crippen LogP contribution in [-0.2, 0) is 4.79 Å². The third kappa shape index (κ3) is 4.77. The van der Waals surface area contributed by atoms with E-state index in [4.69, 9.17) is 10.5 Å². The van der Waals surface area contributed by atoms with Gasteiger partial charge in [0.25, 0.3) is 0 Å². The van der Waals surface area contributed by atoms with E-state index in [2.05, 4.69) is 21.2 Å². The number of amides is 1. The highest BCUT2D eigenvalue weighted by Gasteiger charge is 2.06. The lowest BCUT2D eigenvalue weighted by atomic mass is 10.2. The standard InChI is InChI=1S/C17H19BrN2O2/c1-12-11-13(18)8-9-15(12)20-17(21)7-4-10-22-16-6-3-2-5-14(16)19/h2-3,5-6,8-9,11H,4,7,10,19H2,1H3,(H,20,21). The molecular formula is C17H19BrN2O2. The Morgan fingerprint density at radius 2 is 2.05 bits per heavy atom. The lowest BCUT2D eigenvalue weighted by Crippen LogP contribution is -2.13. The maximum absolute atomic E-state index is 11.9. The number of aryl methyl sites for hydroxylation is 1. The van der Waals surface area contributed by atoms with Gasteiger partial charge >= 0.3 is 0 Å². The van der Waals surface area contributed by atoms with E-state index >= 15 is 0 Å². The Labute approximate surface area is 138 Å². The molecule has 0 spiro atoms. The minimum Gasteiger partial charge on any atom is -0.491 e. The van der Waals surface area contributed by atoms with Crippen LogP contribution >= 0.6 is 15.9 Å². The molecule has 0 fully saturated rings. The molecule has 3 N–H and O–H groups in total. The Kier molecular flexibility index (Phi) is 5.83. The molecule has 22 heavy (non-hydrogen) atoms. The predicted molar refractivity (Wildman–Crippen MR) is 93.1 cm³/mol. The number of rotatable bonds is 6. The molecule has 0 heterocycles. The molecule has 0 aliphatic rings. The van der Waals surface area contributed by atoms with Crippen molar-refractivity contribution >= 4 is 33.2 Å². The zero-order valence-corrected chi connectivity index (χ0v) is 14.0. The number of ether oxygens (including phenoxy) is 1. The zero-order chi connectivity index (χ0) is 15.9. The molecule has 4 nitrogen and oxygen atoms in total. The molecule has 2 rings (SSSR count). The Bertz CT molecular complexity index is 659. The third-order valence-corrected chi connectivity index (χ3v) is 3.68. The highest BCUT2D eigenvalue weighted by atomic mass is 79.9. The Morgan fingerprint density at radius 1 is 1.27 bits per heavy atom. The number of nitrogens with one attached hydrogen (secondary N) is 1. The summed E-state index contributed by atoms with van der Waals surface area (Å²) in [7, 11) is 0. The summed E-state index contributed by atoms with van der Waals surface area (Å²) < 4.78 is 6.56. The SMILES string of the molecule is Cc1cc(Br)ccc1NC(=O)CCCOc1ccccc1N. The van der Waals surface area contributed by atoms with E-state index in [0.717, 1.165) is 15.7 Å². The van der Waals surface area contributed by atoms with Crippen LogP contribution in [0.3, 0.4) is 0 Å². The number of carbonyl (C=O) groups excluding carboxylic acids is 1. The van der Waals surface area contributed by atoms with Crippen molar-refractivity contribution in [3.8, 4) is 5.75 Å². The number of nitrogens with two attached hydrogens (primary N) is 1. The van der Waals surface area contributed by atoms with Crippen molar-refractivity contribution in [3.05, 3.63) is 52.5 Å². The summed E-state index contributed by atoms with van der Waals surface area (Å²) in [5.41, 5.74) is 8.25. The highest BCUT2D eigenvalue weighted by Crippen LogP contribution is 2.21. The number of hydrogen-bond donors (Lipinski definition) is 2. The maximum Gasteiger partial charge on any atom is 0.224 e. The van der Waals surface area contributed by atoms with Crippen molar-refractivity contribution in [1.82, 2.24) is 0 Å². The topological polar surface area (TPSA) is 64.3 Å². The second kappa shape index (κ2) is 7.84. The van der Waals surface area contributed by atoms with Gasteiger partial charge < -0.3 is 15.8 Å². The summed E-state index contributed by atoms with van der Waals surface area (Å²) >= 11 is 3.40. The summed E-state index contributed by atoms with van der Waals surface area (Å²) in [4.78, 5) is 11.9. The maximum atomic E-state index is 11.9. The van der Waals surface area contributed by atoms with E-state index in [9.17, 15) is 4.79 Å². The molecule has 0 aliphatic heterocycles. The van der Waals surface area contributed by atoms with Crippen molar-refractivity contribution in [1.29, 1.82) is 0 Å². The molecule has 0 radical (unpaired) electrons. The molecular weight excluding hydrogens is 344 g/mol. The van der Waals surface area contributed by atoms with E-state index < -0.39 is 0 Å². The lowest BCUT2D eigenvalue weighted by Gasteiger charge is -2.10. The van der Waals surface area contributed by atoms with Gasteiger partial charge in [-0.15, -0.1) is 0 Å². The first-order valence-electron chi connectivity index (χ1n) is 7.09. The molecule has 116 valence electrons. The summed E-state index contributed by atoms with van der Waals surface area (Å²) in [6.07, 6.45) is 1.04. The van der Waals surface area contributed by atoms with Crippen LogP contribution in [0.4, 0.5) is 11.4 Å².